The molecule has 0 amide bonds. The third kappa shape index (κ3) is 5.74. The third-order valence-corrected chi connectivity index (χ3v) is 6.22. The first-order valence-electron chi connectivity index (χ1n) is 6.29. The summed E-state index contributed by atoms with van der Waals surface area (Å²) in [4.78, 5) is 2.17. The lowest BCUT2D eigenvalue weighted by Crippen LogP contribution is -2.24. The molecule has 0 fully saturated rings. The van der Waals surface area contributed by atoms with Crippen LogP contribution in [0.2, 0.25) is 6.04 Å². The van der Waals surface area contributed by atoms with E-state index in [4.69, 9.17) is 20.5 Å². The van der Waals surface area contributed by atoms with Crippen LogP contribution in [0.4, 0.5) is 0 Å². The molecule has 0 heterocycles. The van der Waals surface area contributed by atoms with Crippen molar-refractivity contribution in [2.24, 2.45) is 4.52 Å². The second kappa shape index (κ2) is 8.65. The monoisotopic (exact) mass is 331 g/mol. The van der Waals surface area contributed by atoms with Crippen LogP contribution in [-0.2, 0) is 10.0 Å². The molecule has 0 unspecified atom stereocenters. The minimum atomic E-state index is -3.97. The highest BCUT2D eigenvalue weighted by atomic mass is 32.2. The summed E-state index contributed by atoms with van der Waals surface area (Å²) >= 11 is 0. The van der Waals surface area contributed by atoms with Gasteiger partial charge in [-0.3, -0.25) is 0 Å². The molecule has 1 aromatic carbocycles. The molecule has 0 saturated heterocycles. The molecule has 0 aromatic heterocycles. The number of aliphatic hydroxyl groups excluding tert-OH is 2. The lowest BCUT2D eigenvalue weighted by molar-refractivity contribution is 0.309. The molecule has 0 aliphatic heterocycles. The molecule has 0 aliphatic carbocycles. The van der Waals surface area contributed by atoms with Crippen LogP contribution in [0.5, 0.6) is 5.75 Å². The van der Waals surface area contributed by atoms with Gasteiger partial charge in [-0.2, -0.15) is 0 Å². The molecule has 0 spiro atoms. The van der Waals surface area contributed by atoms with Gasteiger partial charge in [0.05, 0.1) is 20.3 Å². The average molecular weight is 331 g/mol. The Morgan fingerprint density at radius 3 is 2.38 bits per heavy atom. The molecule has 21 heavy (non-hydrogen) atoms. The molecule has 0 radical (unpaired) electrons. The zero-order valence-corrected chi connectivity index (χ0v) is 13.3. The number of hydrogen-bond acceptors (Lipinski definition) is 5. The summed E-state index contributed by atoms with van der Waals surface area (Å²) in [5, 5.41) is 17.9. The van der Waals surface area contributed by atoms with E-state index in [1.807, 2.05) is 0 Å². The normalized spacial score (nSPS) is 11.2. The smallest absolute Gasteiger partial charge is 0.264 e. The quantitative estimate of drug-likeness (QED) is 0.226. The maximum absolute atomic E-state index is 11.4. The maximum Gasteiger partial charge on any atom is 0.264 e. The second-order valence-corrected chi connectivity index (χ2v) is 8.96. The Bertz CT molecular complexity index is 582. The predicted octanol–water partition coefficient (Wildman–Crippen LogP) is 0.745. The fraction of sp³-hybridized carbons (Fsp3) is 0.455. The van der Waals surface area contributed by atoms with E-state index in [9.17, 15) is 8.42 Å². The first-order valence-corrected chi connectivity index (χ1v) is 10.2. The van der Waals surface area contributed by atoms with E-state index in [0.29, 0.717) is 12.4 Å². The molecule has 0 aliphatic rings. The van der Waals surface area contributed by atoms with Gasteiger partial charge in [-0.1, -0.05) is 6.04 Å². The summed E-state index contributed by atoms with van der Waals surface area (Å²) in [6.07, 6.45) is 0.863. The largest absolute Gasteiger partial charge is 0.494 e. The Hall–Kier alpha value is -1.58. The highest BCUT2D eigenvalue weighted by Gasteiger charge is 2.11. The van der Waals surface area contributed by atoms with Crippen LogP contribution < -0.4 is 4.74 Å². The number of sulfonamides is 1. The zero-order valence-electron chi connectivity index (χ0n) is 11.3. The third-order valence-electron chi connectivity index (χ3n) is 2.81. The van der Waals surface area contributed by atoms with Gasteiger partial charge >= 0.3 is 0 Å². The molecule has 10 heteroatoms. The predicted molar refractivity (Wildman–Crippen MR) is 79.0 cm³/mol. The summed E-state index contributed by atoms with van der Waals surface area (Å²) in [7, 11) is -5.42. The average Bonchev–Trinajstić information content (AvgIpc) is 2.48. The Kier molecular flexibility index (Phi) is 7.19. The second-order valence-electron chi connectivity index (χ2n) is 4.34. The van der Waals surface area contributed by atoms with Gasteiger partial charge in [-0.25, -0.2) is 8.42 Å². The van der Waals surface area contributed by atoms with E-state index in [0.717, 1.165) is 12.5 Å². The molecule has 1 aromatic rings. The first kappa shape index (κ1) is 17.5. The Morgan fingerprint density at radius 1 is 1.24 bits per heavy atom. The van der Waals surface area contributed by atoms with E-state index >= 15 is 0 Å². The number of ether oxygens (including phenoxy) is 1. The van der Waals surface area contributed by atoms with Crippen LogP contribution in [0.1, 0.15) is 6.42 Å². The fourth-order valence-electron chi connectivity index (χ4n) is 1.61. The first-order chi connectivity index (χ1) is 10.0. The SMILES string of the molecule is [N-]=[N+]=NS(=O)(=O)c1ccc(OCCC[SiH](CO)CO)cc1. The van der Waals surface area contributed by atoms with Gasteiger partial charge in [0.15, 0.2) is 0 Å². The van der Waals surface area contributed by atoms with Crippen molar-refractivity contribution in [2.45, 2.75) is 17.4 Å². The molecule has 2 N–H and O–H groups in total. The Labute approximate surface area is 124 Å². The molecule has 116 valence electrons. The molecule has 0 atom stereocenters. The Morgan fingerprint density at radius 2 is 1.86 bits per heavy atom. The van der Waals surface area contributed by atoms with E-state index in [-0.39, 0.29) is 17.4 Å². The topological polar surface area (TPSA) is 133 Å². The van der Waals surface area contributed by atoms with Crippen molar-refractivity contribution in [3.63, 3.8) is 0 Å². The zero-order chi connectivity index (χ0) is 15.7. The van der Waals surface area contributed by atoms with Crippen molar-refractivity contribution in [3.05, 3.63) is 34.7 Å². The number of aliphatic hydroxyl groups is 2. The molecule has 0 bridgehead atoms. The van der Waals surface area contributed by atoms with Crippen molar-refractivity contribution >= 4 is 18.8 Å². The number of benzene rings is 1. The molecule has 1 rings (SSSR count). The summed E-state index contributed by atoms with van der Waals surface area (Å²) in [5.74, 6) is 0.501. The summed E-state index contributed by atoms with van der Waals surface area (Å²) < 4.78 is 31.1. The number of azide groups is 1. The van der Waals surface area contributed by atoms with E-state index < -0.39 is 18.8 Å². The van der Waals surface area contributed by atoms with Crippen LogP contribution >= 0.6 is 0 Å². The highest BCUT2D eigenvalue weighted by molar-refractivity contribution is 7.90. The van der Waals surface area contributed by atoms with Crippen molar-refractivity contribution in [2.75, 3.05) is 19.1 Å². The van der Waals surface area contributed by atoms with Gasteiger partial charge in [0, 0.05) is 21.9 Å². The van der Waals surface area contributed by atoms with Gasteiger partial charge in [0.25, 0.3) is 10.0 Å². The molecular weight excluding hydrogens is 314 g/mol. The van der Waals surface area contributed by atoms with Gasteiger partial charge in [0.2, 0.25) is 0 Å². The van der Waals surface area contributed by atoms with Gasteiger partial charge in [-0.05, 0) is 36.2 Å². The molecular formula is C11H17N3O5SSi. The fourth-order valence-corrected chi connectivity index (χ4v) is 3.50. The van der Waals surface area contributed by atoms with Crippen LogP contribution in [0.25, 0.3) is 10.4 Å². The van der Waals surface area contributed by atoms with Crippen molar-refractivity contribution < 1.29 is 23.4 Å². The van der Waals surface area contributed by atoms with Crippen molar-refractivity contribution in [1.82, 2.24) is 0 Å². The summed E-state index contributed by atoms with van der Waals surface area (Å²) in [6, 6.07) is 6.34. The Balaban J connectivity index is 2.50. The van der Waals surface area contributed by atoms with E-state index in [1.165, 1.54) is 24.3 Å². The van der Waals surface area contributed by atoms with E-state index in [2.05, 4.69) is 9.43 Å². The maximum atomic E-state index is 11.4. The van der Waals surface area contributed by atoms with E-state index in [1.54, 1.807) is 0 Å². The lowest BCUT2D eigenvalue weighted by atomic mass is 10.3. The van der Waals surface area contributed by atoms with Crippen LogP contribution in [-0.4, -0.2) is 46.5 Å². The lowest BCUT2D eigenvalue weighted by Gasteiger charge is -2.10. The number of rotatable bonds is 9. The minimum Gasteiger partial charge on any atom is -0.494 e. The summed E-state index contributed by atoms with van der Waals surface area (Å²) in [6.45, 7) is 0.423. The van der Waals surface area contributed by atoms with Gasteiger partial charge in [0.1, 0.15) is 5.75 Å². The minimum absolute atomic E-state index is 0.0719. The van der Waals surface area contributed by atoms with Crippen molar-refractivity contribution in [1.29, 1.82) is 0 Å². The van der Waals surface area contributed by atoms with Gasteiger partial charge in [-0.15, -0.1) is 0 Å². The number of hydrogen-bond donors (Lipinski definition) is 2. The molecule has 8 nitrogen and oxygen atoms in total. The van der Waals surface area contributed by atoms with Gasteiger partial charge < -0.3 is 14.9 Å². The van der Waals surface area contributed by atoms with Crippen LogP contribution in [0, 0.1) is 0 Å². The standard InChI is InChI=1S/C11H17N3O5SSi/c12-13-14-20(17,18)11-4-2-10(3-5-11)19-6-1-7-21(8-15)9-16/h2-5,15-16,21H,1,6-9H2. The van der Waals surface area contributed by atoms with Crippen molar-refractivity contribution in [3.8, 4) is 5.75 Å². The molecule has 0 saturated carbocycles. The van der Waals surface area contributed by atoms with Crippen LogP contribution in [0.15, 0.2) is 33.7 Å². The summed E-state index contributed by atoms with van der Waals surface area (Å²) in [5.41, 5.74) is 8.17. The van der Waals surface area contributed by atoms with Crippen LogP contribution in [0.3, 0.4) is 0 Å². The number of nitrogens with zero attached hydrogens (tertiary/aromatic N) is 3. The highest BCUT2D eigenvalue weighted by Crippen LogP contribution is 2.18.